The third kappa shape index (κ3) is 2.77. The number of carbonyl (C=O) groups excluding carboxylic acids is 1. The molecule has 3 rings (SSSR count). The first kappa shape index (κ1) is 13.7. The van der Waals surface area contributed by atoms with Crippen molar-refractivity contribution in [2.75, 3.05) is 6.54 Å². The number of hydrogen-bond acceptors (Lipinski definition) is 2. The van der Waals surface area contributed by atoms with Gasteiger partial charge in [-0.05, 0) is 54.7 Å². The number of fused-ring (bicyclic) bond motifs is 1. The standard InChI is InChI=1S/C18H19NO2/c1-13-11-16(20)8-9-17(13)18(21)19-10-4-7-14-5-2-3-6-15(14)12-19/h2-3,5-6,8-9,11,20H,4,7,10,12H2,1H3. The number of rotatable bonds is 1. The van der Waals surface area contributed by atoms with Crippen molar-refractivity contribution >= 4 is 5.91 Å². The Morgan fingerprint density at radius 1 is 1.14 bits per heavy atom. The molecule has 0 bridgehead atoms. The number of benzene rings is 2. The van der Waals surface area contributed by atoms with Crippen LogP contribution in [0, 0.1) is 6.92 Å². The third-order valence-corrected chi connectivity index (χ3v) is 4.08. The van der Waals surface area contributed by atoms with E-state index in [1.807, 2.05) is 17.9 Å². The molecule has 1 N–H and O–H groups in total. The zero-order valence-corrected chi connectivity index (χ0v) is 12.2. The predicted molar refractivity (Wildman–Crippen MR) is 82.3 cm³/mol. The molecule has 0 saturated heterocycles. The average Bonchev–Trinajstić information content (AvgIpc) is 2.68. The SMILES string of the molecule is Cc1cc(O)ccc1C(=O)N1CCCc2ccccc2C1. The van der Waals surface area contributed by atoms with Crippen LogP contribution < -0.4 is 0 Å². The van der Waals surface area contributed by atoms with Gasteiger partial charge in [0.1, 0.15) is 5.75 Å². The molecule has 3 heteroatoms. The molecule has 0 spiro atoms. The van der Waals surface area contributed by atoms with Gasteiger partial charge in [-0.2, -0.15) is 0 Å². The Hall–Kier alpha value is -2.29. The molecule has 1 heterocycles. The van der Waals surface area contributed by atoms with Crippen LogP contribution in [0.4, 0.5) is 0 Å². The van der Waals surface area contributed by atoms with E-state index in [2.05, 4.69) is 18.2 Å². The van der Waals surface area contributed by atoms with E-state index >= 15 is 0 Å². The van der Waals surface area contributed by atoms with Crippen LogP contribution in [0.25, 0.3) is 0 Å². The molecule has 21 heavy (non-hydrogen) atoms. The first-order valence-electron chi connectivity index (χ1n) is 7.31. The van der Waals surface area contributed by atoms with Crippen molar-refractivity contribution in [1.29, 1.82) is 0 Å². The van der Waals surface area contributed by atoms with Gasteiger partial charge in [-0.25, -0.2) is 0 Å². The molecule has 0 atom stereocenters. The maximum absolute atomic E-state index is 12.7. The Labute approximate surface area is 124 Å². The van der Waals surface area contributed by atoms with Crippen molar-refractivity contribution < 1.29 is 9.90 Å². The summed E-state index contributed by atoms with van der Waals surface area (Å²) in [5.41, 5.74) is 4.07. The van der Waals surface area contributed by atoms with Gasteiger partial charge in [0.2, 0.25) is 0 Å². The van der Waals surface area contributed by atoms with Gasteiger partial charge in [0.25, 0.3) is 5.91 Å². The van der Waals surface area contributed by atoms with Crippen LogP contribution in [-0.4, -0.2) is 22.5 Å². The molecule has 2 aromatic carbocycles. The minimum absolute atomic E-state index is 0.0456. The Bertz CT molecular complexity index is 679. The summed E-state index contributed by atoms with van der Waals surface area (Å²) in [7, 11) is 0. The van der Waals surface area contributed by atoms with E-state index in [-0.39, 0.29) is 11.7 Å². The summed E-state index contributed by atoms with van der Waals surface area (Å²) in [4.78, 5) is 14.6. The second kappa shape index (κ2) is 5.60. The van der Waals surface area contributed by atoms with E-state index in [9.17, 15) is 9.90 Å². The zero-order valence-electron chi connectivity index (χ0n) is 12.2. The summed E-state index contributed by atoms with van der Waals surface area (Å²) in [5.74, 6) is 0.245. The van der Waals surface area contributed by atoms with E-state index in [4.69, 9.17) is 0 Å². The fourth-order valence-corrected chi connectivity index (χ4v) is 2.93. The van der Waals surface area contributed by atoms with Gasteiger partial charge in [0, 0.05) is 18.7 Å². The van der Waals surface area contributed by atoms with Gasteiger partial charge in [-0.15, -0.1) is 0 Å². The lowest BCUT2D eigenvalue weighted by atomic mass is 10.0. The van der Waals surface area contributed by atoms with E-state index in [0.717, 1.165) is 24.9 Å². The molecule has 1 aliphatic heterocycles. The van der Waals surface area contributed by atoms with E-state index in [0.29, 0.717) is 12.1 Å². The van der Waals surface area contributed by atoms with Gasteiger partial charge in [-0.3, -0.25) is 4.79 Å². The molecule has 108 valence electrons. The Balaban J connectivity index is 1.88. The maximum atomic E-state index is 12.7. The lowest BCUT2D eigenvalue weighted by molar-refractivity contribution is 0.0745. The van der Waals surface area contributed by atoms with Crippen LogP contribution in [0.2, 0.25) is 0 Å². The largest absolute Gasteiger partial charge is 0.508 e. The lowest BCUT2D eigenvalue weighted by Crippen LogP contribution is -2.31. The molecule has 0 unspecified atom stereocenters. The Morgan fingerprint density at radius 2 is 1.90 bits per heavy atom. The summed E-state index contributed by atoms with van der Waals surface area (Å²) < 4.78 is 0. The number of nitrogens with zero attached hydrogens (tertiary/aromatic N) is 1. The van der Waals surface area contributed by atoms with Crippen LogP contribution in [0.1, 0.15) is 33.5 Å². The fraction of sp³-hybridized carbons (Fsp3) is 0.278. The van der Waals surface area contributed by atoms with Gasteiger partial charge in [0.05, 0.1) is 0 Å². The summed E-state index contributed by atoms with van der Waals surface area (Å²) >= 11 is 0. The highest BCUT2D eigenvalue weighted by Crippen LogP contribution is 2.22. The molecular formula is C18H19NO2. The quantitative estimate of drug-likeness (QED) is 0.871. The number of hydrogen-bond donors (Lipinski definition) is 1. The summed E-state index contributed by atoms with van der Waals surface area (Å²) in [6, 6.07) is 13.3. The molecule has 0 aromatic heterocycles. The number of phenols is 1. The third-order valence-electron chi connectivity index (χ3n) is 4.08. The van der Waals surface area contributed by atoms with Crippen molar-refractivity contribution in [2.45, 2.75) is 26.3 Å². The van der Waals surface area contributed by atoms with Crippen LogP contribution in [-0.2, 0) is 13.0 Å². The molecule has 1 aliphatic rings. The molecule has 0 saturated carbocycles. The minimum Gasteiger partial charge on any atom is -0.508 e. The van der Waals surface area contributed by atoms with E-state index < -0.39 is 0 Å². The second-order valence-electron chi connectivity index (χ2n) is 5.60. The molecule has 0 fully saturated rings. The average molecular weight is 281 g/mol. The first-order chi connectivity index (χ1) is 10.1. The number of amides is 1. The Kier molecular flexibility index (Phi) is 3.65. The smallest absolute Gasteiger partial charge is 0.254 e. The Morgan fingerprint density at radius 3 is 2.67 bits per heavy atom. The monoisotopic (exact) mass is 281 g/mol. The summed E-state index contributed by atoms with van der Waals surface area (Å²) in [6.07, 6.45) is 2.01. The van der Waals surface area contributed by atoms with Gasteiger partial charge in [-0.1, -0.05) is 24.3 Å². The highest BCUT2D eigenvalue weighted by atomic mass is 16.3. The topological polar surface area (TPSA) is 40.5 Å². The highest BCUT2D eigenvalue weighted by molar-refractivity contribution is 5.95. The molecule has 0 aliphatic carbocycles. The van der Waals surface area contributed by atoms with Gasteiger partial charge < -0.3 is 10.0 Å². The van der Waals surface area contributed by atoms with Crippen molar-refractivity contribution in [3.63, 3.8) is 0 Å². The van der Waals surface area contributed by atoms with Crippen molar-refractivity contribution in [3.05, 3.63) is 64.7 Å². The molecular weight excluding hydrogens is 262 g/mol. The van der Waals surface area contributed by atoms with Gasteiger partial charge >= 0.3 is 0 Å². The number of carbonyl (C=O) groups is 1. The molecule has 1 amide bonds. The van der Waals surface area contributed by atoms with Crippen LogP contribution in [0.15, 0.2) is 42.5 Å². The summed E-state index contributed by atoms with van der Waals surface area (Å²) in [5, 5.41) is 9.48. The zero-order chi connectivity index (χ0) is 14.8. The lowest BCUT2D eigenvalue weighted by Gasteiger charge is -2.22. The predicted octanol–water partition coefficient (Wildman–Crippen LogP) is 3.29. The molecule has 3 nitrogen and oxygen atoms in total. The van der Waals surface area contributed by atoms with Crippen molar-refractivity contribution in [3.8, 4) is 5.75 Å². The number of aromatic hydroxyl groups is 1. The van der Waals surface area contributed by atoms with Crippen LogP contribution >= 0.6 is 0 Å². The molecule has 0 radical (unpaired) electrons. The van der Waals surface area contributed by atoms with E-state index in [1.165, 1.54) is 11.1 Å². The van der Waals surface area contributed by atoms with E-state index in [1.54, 1.807) is 18.2 Å². The number of aryl methyl sites for hydroxylation is 2. The minimum atomic E-state index is 0.0456. The van der Waals surface area contributed by atoms with Crippen molar-refractivity contribution in [2.24, 2.45) is 0 Å². The highest BCUT2D eigenvalue weighted by Gasteiger charge is 2.21. The van der Waals surface area contributed by atoms with Crippen LogP contribution in [0.5, 0.6) is 5.75 Å². The maximum Gasteiger partial charge on any atom is 0.254 e. The van der Waals surface area contributed by atoms with Gasteiger partial charge in [0.15, 0.2) is 0 Å². The van der Waals surface area contributed by atoms with Crippen molar-refractivity contribution in [1.82, 2.24) is 4.90 Å². The van der Waals surface area contributed by atoms with Crippen LogP contribution in [0.3, 0.4) is 0 Å². The fourth-order valence-electron chi connectivity index (χ4n) is 2.93. The normalized spacial score (nSPS) is 14.4. The second-order valence-corrected chi connectivity index (χ2v) is 5.60. The number of phenolic OH excluding ortho intramolecular Hbond substituents is 1. The molecule has 2 aromatic rings. The summed E-state index contributed by atoms with van der Waals surface area (Å²) in [6.45, 7) is 3.29. The first-order valence-corrected chi connectivity index (χ1v) is 7.31.